The molecule has 1 aliphatic rings. The van der Waals surface area contributed by atoms with Crippen LogP contribution >= 0.6 is 0 Å². The third kappa shape index (κ3) is 9.04. The van der Waals surface area contributed by atoms with Gasteiger partial charge in [-0.05, 0) is 70.6 Å². The monoisotopic (exact) mass is 438 g/mol. The SMILES string of the molecule is CCCCCN(C)CCCCO[C@H]1CC[C@H](N(C)S(=O)(=O)Cc2ccccc2)CC1. The molecule has 2 rings (SSSR count). The summed E-state index contributed by atoms with van der Waals surface area (Å²) in [6, 6.07) is 9.52. The summed E-state index contributed by atoms with van der Waals surface area (Å²) in [5, 5.41) is 0. The van der Waals surface area contributed by atoms with Gasteiger partial charge in [0, 0.05) is 19.7 Å². The zero-order valence-electron chi connectivity index (χ0n) is 19.3. The molecule has 0 saturated heterocycles. The molecule has 30 heavy (non-hydrogen) atoms. The van der Waals surface area contributed by atoms with Crippen molar-refractivity contribution in [2.75, 3.05) is 33.8 Å². The Morgan fingerprint density at radius 3 is 2.20 bits per heavy atom. The lowest BCUT2D eigenvalue weighted by atomic mass is 9.93. The summed E-state index contributed by atoms with van der Waals surface area (Å²) in [4.78, 5) is 2.42. The van der Waals surface area contributed by atoms with Crippen LogP contribution in [-0.4, -0.2) is 63.6 Å². The van der Waals surface area contributed by atoms with Crippen molar-refractivity contribution in [3.63, 3.8) is 0 Å². The third-order valence-corrected chi connectivity index (χ3v) is 8.09. The van der Waals surface area contributed by atoms with Crippen LogP contribution in [0.1, 0.15) is 70.3 Å². The lowest BCUT2D eigenvalue weighted by Gasteiger charge is -2.34. The quantitative estimate of drug-likeness (QED) is 0.396. The summed E-state index contributed by atoms with van der Waals surface area (Å²) >= 11 is 0. The molecule has 1 aromatic carbocycles. The number of hydrogen-bond donors (Lipinski definition) is 0. The summed E-state index contributed by atoms with van der Waals surface area (Å²) in [5.74, 6) is 0.0770. The molecule has 0 heterocycles. The van der Waals surface area contributed by atoms with Crippen LogP contribution in [0.15, 0.2) is 30.3 Å². The fraction of sp³-hybridized carbons (Fsp3) is 0.750. The Bertz CT molecular complexity index is 673. The van der Waals surface area contributed by atoms with Gasteiger partial charge in [0.05, 0.1) is 11.9 Å². The summed E-state index contributed by atoms with van der Waals surface area (Å²) < 4.78 is 33.2. The predicted octanol–water partition coefficient (Wildman–Crippen LogP) is 4.68. The highest BCUT2D eigenvalue weighted by Crippen LogP contribution is 2.27. The maximum atomic E-state index is 12.8. The number of nitrogens with zero attached hydrogens (tertiary/aromatic N) is 2. The fourth-order valence-corrected chi connectivity index (χ4v) is 5.65. The summed E-state index contributed by atoms with van der Waals surface area (Å²) in [6.07, 6.45) is 10.1. The van der Waals surface area contributed by atoms with E-state index in [4.69, 9.17) is 4.74 Å². The molecule has 1 fully saturated rings. The zero-order chi connectivity index (χ0) is 21.8. The van der Waals surface area contributed by atoms with E-state index < -0.39 is 10.0 Å². The van der Waals surface area contributed by atoms with Crippen LogP contribution in [0.2, 0.25) is 0 Å². The van der Waals surface area contributed by atoms with E-state index in [1.54, 1.807) is 11.4 Å². The average molecular weight is 439 g/mol. The largest absolute Gasteiger partial charge is 0.378 e. The molecule has 0 bridgehead atoms. The van der Waals surface area contributed by atoms with Crippen molar-refractivity contribution in [1.82, 2.24) is 9.21 Å². The molecule has 0 amide bonds. The van der Waals surface area contributed by atoms with Gasteiger partial charge in [-0.1, -0.05) is 50.1 Å². The Hall–Kier alpha value is -0.950. The maximum absolute atomic E-state index is 12.8. The highest BCUT2D eigenvalue weighted by molar-refractivity contribution is 7.88. The van der Waals surface area contributed by atoms with Gasteiger partial charge in [0.25, 0.3) is 0 Å². The number of hydrogen-bond acceptors (Lipinski definition) is 4. The van der Waals surface area contributed by atoms with Gasteiger partial charge in [0.2, 0.25) is 10.0 Å². The van der Waals surface area contributed by atoms with Crippen molar-refractivity contribution in [1.29, 1.82) is 0 Å². The summed E-state index contributed by atoms with van der Waals surface area (Å²) in [5.41, 5.74) is 0.845. The van der Waals surface area contributed by atoms with Gasteiger partial charge in [0.1, 0.15) is 0 Å². The van der Waals surface area contributed by atoms with Crippen LogP contribution in [-0.2, 0) is 20.5 Å². The standard InChI is InChI=1S/C24H42N2O3S/c1-4-5-9-18-25(2)19-10-11-20-29-24-16-14-23(15-17-24)26(3)30(27,28)21-22-12-7-6-8-13-22/h6-8,12-13,23-24H,4-5,9-11,14-21H2,1-3H3/t23-,24-. The maximum Gasteiger partial charge on any atom is 0.218 e. The molecule has 5 nitrogen and oxygen atoms in total. The van der Waals surface area contributed by atoms with Gasteiger partial charge < -0.3 is 9.64 Å². The van der Waals surface area contributed by atoms with Gasteiger partial charge in [0.15, 0.2) is 0 Å². The number of sulfonamides is 1. The number of rotatable bonds is 14. The van der Waals surface area contributed by atoms with Crippen LogP contribution in [0.25, 0.3) is 0 Å². The van der Waals surface area contributed by atoms with E-state index in [-0.39, 0.29) is 17.9 Å². The molecule has 1 saturated carbocycles. The average Bonchev–Trinajstić information content (AvgIpc) is 2.74. The Morgan fingerprint density at radius 1 is 0.933 bits per heavy atom. The molecule has 0 aliphatic heterocycles. The second-order valence-electron chi connectivity index (χ2n) is 8.78. The molecule has 1 aliphatic carbocycles. The van der Waals surface area contributed by atoms with Crippen LogP contribution in [0.5, 0.6) is 0 Å². The van der Waals surface area contributed by atoms with E-state index in [2.05, 4.69) is 18.9 Å². The Morgan fingerprint density at radius 2 is 1.57 bits per heavy atom. The lowest BCUT2D eigenvalue weighted by molar-refractivity contribution is 0.0152. The molecular weight excluding hydrogens is 396 g/mol. The first-order valence-corrected chi connectivity index (χ1v) is 13.3. The van der Waals surface area contributed by atoms with Gasteiger partial charge in [-0.3, -0.25) is 0 Å². The second-order valence-corrected chi connectivity index (χ2v) is 10.8. The van der Waals surface area contributed by atoms with Crippen LogP contribution in [0, 0.1) is 0 Å². The molecule has 172 valence electrons. The predicted molar refractivity (Wildman–Crippen MR) is 125 cm³/mol. The second kappa shape index (κ2) is 13.5. The van der Waals surface area contributed by atoms with Gasteiger partial charge >= 0.3 is 0 Å². The molecule has 0 aromatic heterocycles. The molecule has 0 N–H and O–H groups in total. The van der Waals surface area contributed by atoms with Crippen LogP contribution in [0.4, 0.5) is 0 Å². The van der Waals surface area contributed by atoms with Crippen molar-refractivity contribution in [2.24, 2.45) is 0 Å². The Labute approximate surface area is 184 Å². The normalized spacial score (nSPS) is 20.2. The van der Waals surface area contributed by atoms with Crippen molar-refractivity contribution >= 4 is 10.0 Å². The molecule has 0 spiro atoms. The minimum absolute atomic E-state index is 0.0770. The van der Waals surface area contributed by atoms with Crippen molar-refractivity contribution in [3.05, 3.63) is 35.9 Å². The number of benzene rings is 1. The van der Waals surface area contributed by atoms with Gasteiger partial charge in [-0.25, -0.2) is 12.7 Å². The van der Waals surface area contributed by atoms with Crippen molar-refractivity contribution < 1.29 is 13.2 Å². The lowest BCUT2D eigenvalue weighted by Crippen LogP contribution is -2.41. The number of unbranched alkanes of at least 4 members (excludes halogenated alkanes) is 3. The minimum atomic E-state index is -3.28. The first-order valence-electron chi connectivity index (χ1n) is 11.7. The Balaban J connectivity index is 1.61. The fourth-order valence-electron chi connectivity index (χ4n) is 4.17. The highest BCUT2D eigenvalue weighted by Gasteiger charge is 2.30. The zero-order valence-corrected chi connectivity index (χ0v) is 20.1. The molecule has 0 atom stereocenters. The van der Waals surface area contributed by atoms with E-state index in [0.29, 0.717) is 0 Å². The Kier molecular flexibility index (Phi) is 11.4. The van der Waals surface area contributed by atoms with E-state index in [1.165, 1.54) is 32.2 Å². The van der Waals surface area contributed by atoms with Crippen LogP contribution in [0.3, 0.4) is 0 Å². The molecule has 6 heteroatoms. The van der Waals surface area contributed by atoms with E-state index >= 15 is 0 Å². The van der Waals surface area contributed by atoms with Crippen LogP contribution < -0.4 is 0 Å². The summed E-state index contributed by atoms with van der Waals surface area (Å²) in [6.45, 7) is 5.40. The first-order chi connectivity index (χ1) is 14.4. The van der Waals surface area contributed by atoms with Gasteiger partial charge in [-0.15, -0.1) is 0 Å². The van der Waals surface area contributed by atoms with E-state index in [1.807, 2.05) is 30.3 Å². The number of ether oxygens (including phenoxy) is 1. The molecule has 1 aromatic rings. The van der Waals surface area contributed by atoms with E-state index in [0.717, 1.165) is 50.8 Å². The minimum Gasteiger partial charge on any atom is -0.378 e. The van der Waals surface area contributed by atoms with Gasteiger partial charge in [-0.2, -0.15) is 0 Å². The third-order valence-electron chi connectivity index (χ3n) is 6.22. The molecule has 0 radical (unpaired) electrons. The van der Waals surface area contributed by atoms with Crippen molar-refractivity contribution in [3.8, 4) is 0 Å². The summed E-state index contributed by atoms with van der Waals surface area (Å²) in [7, 11) is 0.662. The highest BCUT2D eigenvalue weighted by atomic mass is 32.2. The smallest absolute Gasteiger partial charge is 0.218 e. The van der Waals surface area contributed by atoms with E-state index in [9.17, 15) is 8.42 Å². The first kappa shape index (κ1) is 25.3. The molecular formula is C24H42N2O3S. The topological polar surface area (TPSA) is 49.9 Å². The van der Waals surface area contributed by atoms with Crippen molar-refractivity contribution in [2.45, 2.75) is 82.6 Å². The molecule has 0 unspecified atom stereocenters.